The van der Waals surface area contributed by atoms with Gasteiger partial charge in [0.1, 0.15) is 23.7 Å². The summed E-state index contributed by atoms with van der Waals surface area (Å²) >= 11 is 0.976. The molecule has 10 heteroatoms. The Morgan fingerprint density at radius 1 is 1.13 bits per heavy atom. The average molecular weight is 434 g/mol. The van der Waals surface area contributed by atoms with Gasteiger partial charge >= 0.3 is 11.9 Å². The summed E-state index contributed by atoms with van der Waals surface area (Å²) in [6.07, 6.45) is 0. The Morgan fingerprint density at radius 3 is 2.47 bits per heavy atom. The van der Waals surface area contributed by atoms with Crippen LogP contribution in [0.15, 0.2) is 41.4 Å². The predicted octanol–water partition coefficient (Wildman–Crippen LogP) is 3.07. The molecule has 0 bridgehead atoms. The summed E-state index contributed by atoms with van der Waals surface area (Å²) in [6, 6.07) is 7.63. The third-order valence-electron chi connectivity index (χ3n) is 4.08. The van der Waals surface area contributed by atoms with Crippen LogP contribution >= 0.6 is 11.3 Å². The van der Waals surface area contributed by atoms with E-state index in [1.165, 1.54) is 23.8 Å². The minimum atomic E-state index is -1.14. The Morgan fingerprint density at radius 2 is 1.83 bits per heavy atom. The van der Waals surface area contributed by atoms with Crippen molar-refractivity contribution in [2.75, 3.05) is 13.7 Å². The number of carbonyl (C=O) groups excluding carboxylic acids is 3. The molecule has 2 aromatic carbocycles. The van der Waals surface area contributed by atoms with Gasteiger partial charge in [0.15, 0.2) is 4.80 Å². The Balaban J connectivity index is 2.17. The number of esters is 2. The molecule has 30 heavy (non-hydrogen) atoms. The normalized spacial score (nSPS) is 11.5. The molecule has 0 saturated heterocycles. The highest BCUT2D eigenvalue weighted by atomic mass is 32.1. The lowest BCUT2D eigenvalue weighted by molar-refractivity contribution is -0.141. The van der Waals surface area contributed by atoms with E-state index in [1.54, 1.807) is 13.0 Å². The lowest BCUT2D eigenvalue weighted by atomic mass is 10.2. The molecule has 3 rings (SSSR count). The molecular weight excluding hydrogens is 418 g/mol. The number of benzene rings is 2. The molecule has 1 amide bonds. The first-order valence-corrected chi connectivity index (χ1v) is 9.57. The number of carbonyl (C=O) groups is 3. The summed E-state index contributed by atoms with van der Waals surface area (Å²) in [7, 11) is 1.20. The van der Waals surface area contributed by atoms with Gasteiger partial charge in [-0.1, -0.05) is 17.4 Å². The zero-order valence-corrected chi connectivity index (χ0v) is 16.8. The second-order valence-corrected chi connectivity index (χ2v) is 6.97. The highest BCUT2D eigenvalue weighted by molar-refractivity contribution is 7.16. The van der Waals surface area contributed by atoms with Gasteiger partial charge in [-0.15, -0.1) is 0 Å². The monoisotopic (exact) mass is 434 g/mol. The smallest absolute Gasteiger partial charge is 0.338 e. The maximum atomic E-state index is 13.9. The van der Waals surface area contributed by atoms with Crippen LogP contribution in [0.1, 0.15) is 27.6 Å². The first-order valence-electron chi connectivity index (χ1n) is 8.76. The van der Waals surface area contributed by atoms with Crippen molar-refractivity contribution in [3.8, 4) is 0 Å². The first-order chi connectivity index (χ1) is 14.3. The van der Waals surface area contributed by atoms with Crippen molar-refractivity contribution in [2.45, 2.75) is 13.5 Å². The van der Waals surface area contributed by atoms with Gasteiger partial charge in [0.2, 0.25) is 0 Å². The summed E-state index contributed by atoms with van der Waals surface area (Å²) in [5.74, 6) is -4.38. The zero-order chi connectivity index (χ0) is 21.8. The minimum Gasteiger partial charge on any atom is -0.468 e. The number of nitrogens with zero attached hydrogens (tertiary/aromatic N) is 2. The van der Waals surface area contributed by atoms with Crippen molar-refractivity contribution < 1.29 is 32.6 Å². The molecule has 0 saturated carbocycles. The molecular formula is C20H16F2N2O5S. The van der Waals surface area contributed by atoms with Crippen molar-refractivity contribution in [3.63, 3.8) is 0 Å². The molecule has 0 spiro atoms. The summed E-state index contributed by atoms with van der Waals surface area (Å²) in [5, 5.41) is 0. The molecule has 0 unspecified atom stereocenters. The van der Waals surface area contributed by atoms with Gasteiger partial charge in [-0.25, -0.2) is 13.6 Å². The van der Waals surface area contributed by atoms with E-state index in [9.17, 15) is 23.2 Å². The molecule has 1 aromatic heterocycles. The van der Waals surface area contributed by atoms with Gasteiger partial charge in [0, 0.05) is 0 Å². The van der Waals surface area contributed by atoms with Gasteiger partial charge in [0.05, 0.1) is 29.5 Å². The third kappa shape index (κ3) is 4.28. The van der Waals surface area contributed by atoms with Crippen molar-refractivity contribution in [2.24, 2.45) is 4.99 Å². The maximum absolute atomic E-state index is 13.9. The Kier molecular flexibility index (Phi) is 6.36. The van der Waals surface area contributed by atoms with Crippen LogP contribution in [0.25, 0.3) is 10.2 Å². The first kappa shape index (κ1) is 21.3. The van der Waals surface area contributed by atoms with E-state index < -0.39 is 35.0 Å². The van der Waals surface area contributed by atoms with Crippen molar-refractivity contribution in [1.82, 2.24) is 4.57 Å². The lowest BCUT2D eigenvalue weighted by Gasteiger charge is -2.05. The van der Waals surface area contributed by atoms with Crippen LogP contribution in [0.4, 0.5) is 8.78 Å². The van der Waals surface area contributed by atoms with E-state index in [0.29, 0.717) is 10.2 Å². The number of ether oxygens (including phenoxy) is 2. The molecule has 0 atom stereocenters. The SMILES string of the molecule is CCOC(=O)c1ccc2c(c1)sc(=NC(=O)c1c(F)cccc1F)n2CC(=O)OC. The van der Waals surface area contributed by atoms with E-state index in [1.807, 2.05) is 0 Å². The van der Waals surface area contributed by atoms with Gasteiger partial charge in [-0.05, 0) is 37.3 Å². The van der Waals surface area contributed by atoms with Crippen molar-refractivity contribution in [3.05, 3.63) is 64.0 Å². The van der Waals surface area contributed by atoms with Crippen molar-refractivity contribution in [1.29, 1.82) is 0 Å². The van der Waals surface area contributed by atoms with E-state index in [-0.39, 0.29) is 23.5 Å². The molecule has 0 aliphatic rings. The van der Waals surface area contributed by atoms with Crippen LogP contribution in [0.2, 0.25) is 0 Å². The number of rotatable bonds is 5. The molecule has 3 aromatic rings. The minimum absolute atomic E-state index is 0.0176. The van der Waals surface area contributed by atoms with E-state index in [0.717, 1.165) is 29.5 Å². The average Bonchev–Trinajstić information content (AvgIpc) is 3.04. The summed E-state index contributed by atoms with van der Waals surface area (Å²) < 4.78 is 39.4. The lowest BCUT2D eigenvalue weighted by Crippen LogP contribution is -2.22. The molecule has 7 nitrogen and oxygen atoms in total. The van der Waals surface area contributed by atoms with Gasteiger partial charge in [-0.2, -0.15) is 4.99 Å². The number of methoxy groups -OCH3 is 1. The Labute approximate surface area is 173 Å². The van der Waals surface area contributed by atoms with Crippen LogP contribution in [0, 0.1) is 11.6 Å². The highest BCUT2D eigenvalue weighted by Crippen LogP contribution is 2.21. The second kappa shape index (κ2) is 8.95. The van der Waals surface area contributed by atoms with Crippen LogP contribution < -0.4 is 4.80 Å². The van der Waals surface area contributed by atoms with Gasteiger partial charge < -0.3 is 14.0 Å². The number of fused-ring (bicyclic) bond motifs is 1. The van der Waals surface area contributed by atoms with Gasteiger partial charge in [0.25, 0.3) is 5.91 Å². The fourth-order valence-corrected chi connectivity index (χ4v) is 3.76. The van der Waals surface area contributed by atoms with Crippen LogP contribution in [0.5, 0.6) is 0 Å². The predicted molar refractivity (Wildman–Crippen MR) is 104 cm³/mol. The fraction of sp³-hybridized carbons (Fsp3) is 0.200. The molecule has 156 valence electrons. The Bertz CT molecular complexity index is 1200. The fourth-order valence-electron chi connectivity index (χ4n) is 2.69. The topological polar surface area (TPSA) is 87.0 Å². The summed E-state index contributed by atoms with van der Waals surface area (Å²) in [6.45, 7) is 1.59. The molecule has 0 N–H and O–H groups in total. The highest BCUT2D eigenvalue weighted by Gasteiger charge is 2.19. The van der Waals surface area contributed by atoms with E-state index >= 15 is 0 Å². The molecule has 0 radical (unpaired) electrons. The molecule has 0 aliphatic carbocycles. The molecule has 0 fully saturated rings. The molecule has 1 heterocycles. The number of amides is 1. The van der Waals surface area contributed by atoms with Gasteiger partial charge in [-0.3, -0.25) is 9.59 Å². The van der Waals surface area contributed by atoms with Crippen LogP contribution in [-0.2, 0) is 20.8 Å². The number of hydrogen-bond donors (Lipinski definition) is 0. The van der Waals surface area contributed by atoms with Crippen molar-refractivity contribution >= 4 is 39.4 Å². The third-order valence-corrected chi connectivity index (χ3v) is 5.12. The standard InChI is InChI=1S/C20H16F2N2O5S/c1-3-29-19(27)11-7-8-14-15(9-11)30-20(24(14)10-16(25)28-2)23-18(26)17-12(21)5-4-6-13(17)22/h4-9H,3,10H2,1-2H3. The number of aromatic nitrogens is 1. The Hall–Kier alpha value is -3.40. The summed E-state index contributed by atoms with van der Waals surface area (Å²) in [5.41, 5.74) is -0.0420. The van der Waals surface area contributed by atoms with Crippen LogP contribution in [0.3, 0.4) is 0 Å². The van der Waals surface area contributed by atoms with E-state index in [2.05, 4.69) is 9.73 Å². The van der Waals surface area contributed by atoms with E-state index in [4.69, 9.17) is 4.74 Å². The quantitative estimate of drug-likeness (QED) is 0.576. The second-order valence-electron chi connectivity index (χ2n) is 5.96. The number of halogens is 2. The summed E-state index contributed by atoms with van der Waals surface area (Å²) in [4.78, 5) is 40.1. The number of hydrogen-bond acceptors (Lipinski definition) is 6. The zero-order valence-electron chi connectivity index (χ0n) is 16.0. The molecule has 0 aliphatic heterocycles. The number of thiazole rings is 1. The maximum Gasteiger partial charge on any atom is 0.338 e. The van der Waals surface area contributed by atoms with Crippen LogP contribution in [-0.4, -0.2) is 36.1 Å². The largest absolute Gasteiger partial charge is 0.468 e.